The maximum atomic E-state index is 13.6. The van der Waals surface area contributed by atoms with Gasteiger partial charge in [0.1, 0.15) is 38.2 Å². The Labute approximate surface area is 331 Å². The van der Waals surface area contributed by atoms with E-state index in [0.29, 0.717) is 24.3 Å². The van der Waals surface area contributed by atoms with Crippen LogP contribution in [0.25, 0.3) is 0 Å². The molecule has 13 nitrogen and oxygen atoms in total. The van der Waals surface area contributed by atoms with Gasteiger partial charge in [-0.1, -0.05) is 115 Å². The van der Waals surface area contributed by atoms with Crippen LogP contribution in [0.4, 0.5) is 4.79 Å². The van der Waals surface area contributed by atoms with Gasteiger partial charge in [-0.05, 0) is 53.6 Å². The first-order valence-corrected chi connectivity index (χ1v) is 18.7. The summed E-state index contributed by atoms with van der Waals surface area (Å²) >= 11 is 0. The summed E-state index contributed by atoms with van der Waals surface area (Å²) in [6.07, 6.45) is 2.43. The fourth-order valence-corrected chi connectivity index (χ4v) is 5.87. The number of aliphatic hydroxyl groups is 1. The molecule has 0 unspecified atom stereocenters. The molecule has 0 radical (unpaired) electrons. The number of amides is 3. The highest BCUT2D eigenvalue weighted by molar-refractivity contribution is 5.90. The number of carbonyl (C=O) groups is 5. The van der Waals surface area contributed by atoms with Gasteiger partial charge >= 0.3 is 18.0 Å². The summed E-state index contributed by atoms with van der Waals surface area (Å²) in [7, 11) is 0. The van der Waals surface area contributed by atoms with Crippen LogP contribution in [0.5, 0.6) is 5.75 Å². The monoisotopic (exact) mass is 777 g/mol. The van der Waals surface area contributed by atoms with Gasteiger partial charge in [0.2, 0.25) is 11.8 Å². The van der Waals surface area contributed by atoms with Gasteiger partial charge in [0.15, 0.2) is 6.04 Å². The highest BCUT2D eigenvalue weighted by atomic mass is 16.6. The Morgan fingerprint density at radius 1 is 0.737 bits per heavy atom. The molecule has 0 saturated heterocycles. The van der Waals surface area contributed by atoms with Crippen molar-refractivity contribution in [3.8, 4) is 5.75 Å². The Kier molecular flexibility index (Phi) is 16.2. The number of ether oxygens (including phenoxy) is 4. The summed E-state index contributed by atoms with van der Waals surface area (Å²) in [6, 6.07) is 31.8. The van der Waals surface area contributed by atoms with Crippen molar-refractivity contribution in [2.45, 2.75) is 63.6 Å². The zero-order valence-electron chi connectivity index (χ0n) is 31.4. The van der Waals surface area contributed by atoms with E-state index < -0.39 is 60.5 Å². The zero-order chi connectivity index (χ0) is 40.2. The number of aliphatic hydroxyl groups excluding tert-OH is 1. The Bertz CT molecular complexity index is 1920. The first kappa shape index (κ1) is 41.7. The van der Waals surface area contributed by atoms with Crippen LogP contribution in [0.3, 0.4) is 0 Å². The molecule has 1 heterocycles. The normalized spacial score (nSPS) is 17.7. The molecule has 0 aromatic heterocycles. The van der Waals surface area contributed by atoms with Crippen molar-refractivity contribution < 1.29 is 48.0 Å². The van der Waals surface area contributed by atoms with Crippen molar-refractivity contribution in [3.05, 3.63) is 150 Å². The van der Waals surface area contributed by atoms with Crippen LogP contribution in [-0.4, -0.2) is 66.3 Å². The van der Waals surface area contributed by atoms with Gasteiger partial charge in [-0.3, -0.25) is 9.59 Å². The summed E-state index contributed by atoms with van der Waals surface area (Å²) in [4.78, 5) is 66.1. The molecule has 0 fully saturated rings. The molecule has 13 heteroatoms. The number of allylic oxidation sites excluding steroid dienone is 1. The Morgan fingerprint density at radius 2 is 1.32 bits per heavy atom. The minimum Gasteiger partial charge on any atom is -0.489 e. The summed E-state index contributed by atoms with van der Waals surface area (Å²) in [6.45, 7) is -0.652. The van der Waals surface area contributed by atoms with Gasteiger partial charge in [0.25, 0.3) is 0 Å². The first-order chi connectivity index (χ1) is 27.7. The van der Waals surface area contributed by atoms with Gasteiger partial charge in [-0.2, -0.15) is 0 Å². The van der Waals surface area contributed by atoms with Crippen LogP contribution in [-0.2, 0) is 59.6 Å². The van der Waals surface area contributed by atoms with E-state index in [4.69, 9.17) is 18.9 Å². The quantitative estimate of drug-likeness (QED) is 0.0751. The number of carbonyl (C=O) groups excluding carboxylic acids is 5. The topological polar surface area (TPSA) is 179 Å². The van der Waals surface area contributed by atoms with E-state index in [2.05, 4.69) is 16.0 Å². The van der Waals surface area contributed by atoms with Crippen LogP contribution in [0, 0.1) is 5.92 Å². The number of hydrogen-bond acceptors (Lipinski definition) is 10. The molecule has 4 aromatic carbocycles. The molecular formula is C44H47N3O10. The number of alkyl carbamates (subject to hydrolysis) is 1. The molecule has 57 heavy (non-hydrogen) atoms. The lowest BCUT2D eigenvalue weighted by Gasteiger charge is -2.24. The second-order valence-corrected chi connectivity index (χ2v) is 13.5. The minimum absolute atomic E-state index is 0.0222. The average molecular weight is 778 g/mol. The van der Waals surface area contributed by atoms with Gasteiger partial charge < -0.3 is 40.0 Å². The second-order valence-electron chi connectivity index (χ2n) is 13.5. The van der Waals surface area contributed by atoms with E-state index in [-0.39, 0.29) is 39.1 Å². The standard InChI is InChI=1S/C44H47N3O10/c48-26-36(24-31-20-22-37(23-21-31)54-27-32-12-4-1-5-13-32)45-40(49)25-35-18-10-11-19-38(47-44(53)57-29-34-16-8-3-9-17-34)42(51)56-30-39(46-41(35)50)43(52)55-28-33-14-6-2-7-15-33/h1-17,20-23,35-36,38-39,48H,18-19,24-30H2,(H,45,49)(H,46,50)(H,47,53)/t35-,36+,38-,39-/m1/s1. The molecule has 5 rings (SSSR count). The largest absolute Gasteiger partial charge is 0.489 e. The molecule has 0 bridgehead atoms. The van der Waals surface area contributed by atoms with Gasteiger partial charge in [-0.25, -0.2) is 14.4 Å². The van der Waals surface area contributed by atoms with Crippen LogP contribution in [0.1, 0.15) is 41.5 Å². The summed E-state index contributed by atoms with van der Waals surface area (Å²) in [5, 5.41) is 18.1. The third kappa shape index (κ3) is 14.3. The van der Waals surface area contributed by atoms with Crippen LogP contribution in [0.2, 0.25) is 0 Å². The van der Waals surface area contributed by atoms with Crippen molar-refractivity contribution >= 4 is 29.8 Å². The molecule has 3 amide bonds. The predicted octanol–water partition coefficient (Wildman–Crippen LogP) is 4.71. The number of hydrogen-bond donors (Lipinski definition) is 4. The Hall–Kier alpha value is -6.47. The maximum Gasteiger partial charge on any atom is 0.408 e. The van der Waals surface area contributed by atoms with Gasteiger partial charge in [0, 0.05) is 6.42 Å². The lowest BCUT2D eigenvalue weighted by molar-refractivity contribution is -0.156. The van der Waals surface area contributed by atoms with Crippen molar-refractivity contribution in [2.24, 2.45) is 5.92 Å². The minimum atomic E-state index is -1.42. The van der Waals surface area contributed by atoms with E-state index in [1.54, 1.807) is 60.7 Å². The van der Waals surface area contributed by atoms with Crippen molar-refractivity contribution in [3.63, 3.8) is 0 Å². The number of esters is 2. The van der Waals surface area contributed by atoms with E-state index in [0.717, 1.165) is 16.7 Å². The highest BCUT2D eigenvalue weighted by Gasteiger charge is 2.31. The molecule has 298 valence electrons. The van der Waals surface area contributed by atoms with Crippen molar-refractivity contribution in [2.75, 3.05) is 13.2 Å². The van der Waals surface area contributed by atoms with Crippen LogP contribution < -0.4 is 20.7 Å². The van der Waals surface area contributed by atoms with Crippen LogP contribution >= 0.6 is 0 Å². The number of benzene rings is 4. The molecule has 4 aromatic rings. The Morgan fingerprint density at radius 3 is 1.93 bits per heavy atom. The van der Waals surface area contributed by atoms with E-state index in [1.165, 1.54) is 0 Å². The molecule has 0 spiro atoms. The fourth-order valence-electron chi connectivity index (χ4n) is 5.87. The van der Waals surface area contributed by atoms with Gasteiger partial charge in [0.05, 0.1) is 18.6 Å². The van der Waals surface area contributed by atoms with E-state index in [9.17, 15) is 29.1 Å². The van der Waals surface area contributed by atoms with Gasteiger partial charge in [-0.15, -0.1) is 0 Å². The molecule has 4 atom stereocenters. The molecule has 0 saturated carbocycles. The third-order valence-electron chi connectivity index (χ3n) is 9.01. The van der Waals surface area contributed by atoms with Crippen molar-refractivity contribution in [1.29, 1.82) is 0 Å². The number of nitrogens with one attached hydrogen (secondary N) is 3. The fraction of sp³-hybridized carbons (Fsp3) is 0.295. The highest BCUT2D eigenvalue weighted by Crippen LogP contribution is 2.17. The third-order valence-corrected chi connectivity index (χ3v) is 9.01. The number of rotatable bonds is 15. The zero-order valence-corrected chi connectivity index (χ0v) is 31.4. The molecule has 0 aliphatic carbocycles. The second kappa shape index (κ2) is 22.2. The van der Waals surface area contributed by atoms with E-state index >= 15 is 0 Å². The van der Waals surface area contributed by atoms with Crippen LogP contribution in [0.15, 0.2) is 127 Å². The lowest BCUT2D eigenvalue weighted by atomic mass is 9.97. The SMILES string of the molecule is O=C(C[C@H]1CC=CC[C@@H](NC(=O)OCc2ccccc2)C(=O)OC[C@H](C(=O)OCc2ccccc2)NC1=O)N[C@H](CO)Cc1ccc(OCc2ccccc2)cc1. The molecule has 4 N–H and O–H groups in total. The molecular weight excluding hydrogens is 730 g/mol. The predicted molar refractivity (Wildman–Crippen MR) is 209 cm³/mol. The summed E-state index contributed by atoms with van der Waals surface area (Å²) in [5.41, 5.74) is 3.34. The maximum absolute atomic E-state index is 13.6. The summed E-state index contributed by atoms with van der Waals surface area (Å²) in [5.74, 6) is -3.13. The smallest absolute Gasteiger partial charge is 0.408 e. The Balaban J connectivity index is 1.22. The lowest BCUT2D eigenvalue weighted by Crippen LogP contribution is -2.50. The van der Waals surface area contributed by atoms with E-state index in [1.807, 2.05) is 66.7 Å². The van der Waals surface area contributed by atoms with Crippen molar-refractivity contribution in [1.82, 2.24) is 16.0 Å². The first-order valence-electron chi connectivity index (χ1n) is 18.7. The summed E-state index contributed by atoms with van der Waals surface area (Å²) < 4.78 is 22.0. The number of cyclic esters (lactones) is 1. The molecule has 1 aliphatic rings. The molecule has 1 aliphatic heterocycles. The average Bonchev–Trinajstić information content (AvgIpc) is 3.24.